The maximum atomic E-state index is 12.6. The van der Waals surface area contributed by atoms with E-state index in [1.165, 1.54) is 13.0 Å². The van der Waals surface area contributed by atoms with Crippen LogP contribution < -0.4 is 0 Å². The van der Waals surface area contributed by atoms with Crippen LogP contribution in [0.5, 0.6) is 0 Å². The standard InChI is InChI=1S/C10H5ClF3NO/c1-5-2-6(9(11)16)3-7(4-15)8(5)10(12,13)14/h2-3H,1H3. The van der Waals surface area contributed by atoms with Crippen LogP contribution in [-0.2, 0) is 6.18 Å². The molecule has 0 atom stereocenters. The molecule has 2 nitrogen and oxygen atoms in total. The molecule has 0 unspecified atom stereocenters. The van der Waals surface area contributed by atoms with Gasteiger partial charge < -0.3 is 0 Å². The number of halogens is 4. The average molecular weight is 248 g/mol. The summed E-state index contributed by atoms with van der Waals surface area (Å²) in [5.41, 5.74) is -1.95. The van der Waals surface area contributed by atoms with Gasteiger partial charge in [-0.2, -0.15) is 18.4 Å². The lowest BCUT2D eigenvalue weighted by Crippen LogP contribution is -2.11. The van der Waals surface area contributed by atoms with Gasteiger partial charge in [0.2, 0.25) is 0 Å². The smallest absolute Gasteiger partial charge is 0.276 e. The molecule has 0 spiro atoms. The fourth-order valence-corrected chi connectivity index (χ4v) is 1.47. The molecular weight excluding hydrogens is 243 g/mol. The lowest BCUT2D eigenvalue weighted by molar-refractivity contribution is -0.138. The van der Waals surface area contributed by atoms with Crippen LogP contribution in [0, 0.1) is 18.3 Å². The Morgan fingerprint density at radius 2 is 2.00 bits per heavy atom. The van der Waals surface area contributed by atoms with Gasteiger partial charge in [0.15, 0.2) is 0 Å². The molecule has 0 saturated heterocycles. The van der Waals surface area contributed by atoms with E-state index in [4.69, 9.17) is 16.9 Å². The van der Waals surface area contributed by atoms with Gasteiger partial charge in [-0.3, -0.25) is 4.79 Å². The van der Waals surface area contributed by atoms with Gasteiger partial charge in [-0.15, -0.1) is 0 Å². The molecule has 0 fully saturated rings. The molecule has 0 saturated carbocycles. The van der Waals surface area contributed by atoms with Crippen molar-refractivity contribution in [3.8, 4) is 6.07 Å². The van der Waals surface area contributed by atoms with Crippen molar-refractivity contribution in [3.63, 3.8) is 0 Å². The molecule has 0 aliphatic carbocycles. The SMILES string of the molecule is Cc1cc(C(=O)Cl)cc(C#N)c1C(F)(F)F. The molecule has 0 aliphatic rings. The minimum Gasteiger partial charge on any atom is -0.276 e. The lowest BCUT2D eigenvalue weighted by atomic mass is 9.99. The number of hydrogen-bond donors (Lipinski definition) is 0. The maximum absolute atomic E-state index is 12.6. The van der Waals surface area contributed by atoms with E-state index in [0.717, 1.165) is 12.1 Å². The molecule has 16 heavy (non-hydrogen) atoms. The second kappa shape index (κ2) is 4.14. The highest BCUT2D eigenvalue weighted by atomic mass is 35.5. The Morgan fingerprint density at radius 1 is 1.44 bits per heavy atom. The minimum absolute atomic E-state index is 0.122. The van der Waals surface area contributed by atoms with E-state index in [1.807, 2.05) is 0 Å². The molecule has 0 radical (unpaired) electrons. The molecule has 0 amide bonds. The van der Waals surface area contributed by atoms with Crippen LogP contribution in [0.1, 0.15) is 27.0 Å². The summed E-state index contributed by atoms with van der Waals surface area (Å²) in [4.78, 5) is 10.8. The summed E-state index contributed by atoms with van der Waals surface area (Å²) in [5.74, 6) is 0. The largest absolute Gasteiger partial charge is 0.417 e. The fourth-order valence-electron chi connectivity index (χ4n) is 1.37. The highest BCUT2D eigenvalue weighted by Gasteiger charge is 2.35. The first-order valence-electron chi connectivity index (χ1n) is 4.09. The van der Waals surface area contributed by atoms with Crippen LogP contribution in [0.2, 0.25) is 0 Å². The molecule has 0 N–H and O–H groups in total. The number of nitrogens with zero attached hydrogens (tertiary/aromatic N) is 1. The quantitative estimate of drug-likeness (QED) is 0.715. The Balaban J connectivity index is 3.55. The summed E-state index contributed by atoms with van der Waals surface area (Å²) in [6, 6.07) is 3.26. The van der Waals surface area contributed by atoms with Crippen molar-refractivity contribution in [3.05, 3.63) is 34.4 Å². The van der Waals surface area contributed by atoms with E-state index in [2.05, 4.69) is 0 Å². The van der Waals surface area contributed by atoms with Crippen molar-refractivity contribution in [2.45, 2.75) is 13.1 Å². The minimum atomic E-state index is -4.62. The second-order valence-corrected chi connectivity index (χ2v) is 3.44. The van der Waals surface area contributed by atoms with E-state index >= 15 is 0 Å². The van der Waals surface area contributed by atoms with Gasteiger partial charge in [-0.05, 0) is 36.2 Å². The number of benzene rings is 1. The Morgan fingerprint density at radius 3 is 2.38 bits per heavy atom. The molecule has 6 heteroatoms. The van der Waals surface area contributed by atoms with E-state index in [9.17, 15) is 18.0 Å². The van der Waals surface area contributed by atoms with E-state index in [1.54, 1.807) is 0 Å². The Kier molecular flexibility index (Phi) is 3.24. The summed E-state index contributed by atoms with van der Waals surface area (Å²) in [6.45, 7) is 1.17. The number of carbonyl (C=O) groups is 1. The van der Waals surface area contributed by atoms with Crippen molar-refractivity contribution in [2.75, 3.05) is 0 Å². The van der Waals surface area contributed by atoms with Gasteiger partial charge in [0, 0.05) is 5.56 Å². The first kappa shape index (κ1) is 12.5. The third kappa shape index (κ3) is 2.34. The molecule has 0 heterocycles. The van der Waals surface area contributed by atoms with Crippen LogP contribution in [0.15, 0.2) is 12.1 Å². The number of hydrogen-bond acceptors (Lipinski definition) is 2. The number of carbonyl (C=O) groups excluding carboxylic acids is 1. The van der Waals surface area contributed by atoms with Crippen LogP contribution in [0.3, 0.4) is 0 Å². The van der Waals surface area contributed by atoms with Crippen LogP contribution >= 0.6 is 11.6 Å². The van der Waals surface area contributed by atoms with Gasteiger partial charge in [-0.25, -0.2) is 0 Å². The Hall–Kier alpha value is -1.54. The Bertz CT molecular complexity index is 488. The number of rotatable bonds is 1. The summed E-state index contributed by atoms with van der Waals surface area (Å²) < 4.78 is 37.7. The molecule has 1 rings (SSSR count). The number of alkyl halides is 3. The summed E-state index contributed by atoms with van der Waals surface area (Å²) >= 11 is 5.14. The number of aryl methyl sites for hydroxylation is 1. The highest BCUT2D eigenvalue weighted by molar-refractivity contribution is 6.67. The van der Waals surface area contributed by atoms with Gasteiger partial charge in [0.1, 0.15) is 0 Å². The molecule has 1 aromatic carbocycles. The van der Waals surface area contributed by atoms with Gasteiger partial charge in [0.05, 0.1) is 17.2 Å². The predicted molar refractivity (Wildman–Crippen MR) is 51.1 cm³/mol. The zero-order valence-corrected chi connectivity index (χ0v) is 8.78. The summed E-state index contributed by atoms with van der Waals surface area (Å²) in [6.07, 6.45) is -4.62. The predicted octanol–water partition coefficient (Wildman–Crippen LogP) is 3.26. The molecular formula is C10H5ClF3NO. The van der Waals surface area contributed by atoms with Crippen molar-refractivity contribution in [1.29, 1.82) is 5.26 Å². The highest BCUT2D eigenvalue weighted by Crippen LogP contribution is 2.35. The second-order valence-electron chi connectivity index (χ2n) is 3.10. The molecule has 1 aromatic rings. The average Bonchev–Trinajstić information content (AvgIpc) is 2.14. The normalized spacial score (nSPS) is 11.0. The van der Waals surface area contributed by atoms with Gasteiger partial charge >= 0.3 is 6.18 Å². The zero-order chi connectivity index (χ0) is 12.5. The van der Waals surface area contributed by atoms with Crippen LogP contribution in [0.4, 0.5) is 13.2 Å². The maximum Gasteiger partial charge on any atom is 0.417 e. The van der Waals surface area contributed by atoms with Crippen molar-refractivity contribution < 1.29 is 18.0 Å². The lowest BCUT2D eigenvalue weighted by Gasteiger charge is -2.12. The molecule has 0 aliphatic heterocycles. The van der Waals surface area contributed by atoms with Crippen LogP contribution in [0.25, 0.3) is 0 Å². The summed E-state index contributed by atoms with van der Waals surface area (Å²) in [5, 5.41) is 7.71. The van der Waals surface area contributed by atoms with Crippen molar-refractivity contribution >= 4 is 16.8 Å². The van der Waals surface area contributed by atoms with Crippen molar-refractivity contribution in [1.82, 2.24) is 0 Å². The topological polar surface area (TPSA) is 40.9 Å². The fraction of sp³-hybridized carbons (Fsp3) is 0.200. The molecule has 84 valence electrons. The third-order valence-corrected chi connectivity index (χ3v) is 2.18. The van der Waals surface area contributed by atoms with E-state index in [-0.39, 0.29) is 11.1 Å². The molecule has 0 aromatic heterocycles. The zero-order valence-electron chi connectivity index (χ0n) is 8.02. The van der Waals surface area contributed by atoms with E-state index < -0.39 is 22.5 Å². The first-order valence-corrected chi connectivity index (χ1v) is 4.47. The van der Waals surface area contributed by atoms with Gasteiger partial charge in [-0.1, -0.05) is 0 Å². The summed E-state index contributed by atoms with van der Waals surface area (Å²) in [7, 11) is 0. The third-order valence-electron chi connectivity index (χ3n) is 1.97. The van der Waals surface area contributed by atoms with Crippen LogP contribution in [-0.4, -0.2) is 5.24 Å². The number of nitriles is 1. The Labute approximate surface area is 94.2 Å². The molecule has 0 bridgehead atoms. The van der Waals surface area contributed by atoms with Crippen molar-refractivity contribution in [2.24, 2.45) is 0 Å². The van der Waals surface area contributed by atoms with E-state index in [0.29, 0.717) is 0 Å². The monoisotopic (exact) mass is 247 g/mol. The first-order chi connectivity index (χ1) is 7.27. The van der Waals surface area contributed by atoms with Gasteiger partial charge in [0.25, 0.3) is 5.24 Å².